The number of hydrogen-bond donors (Lipinski definition) is 2. The zero-order chi connectivity index (χ0) is 14.7. The van der Waals surface area contributed by atoms with Crippen molar-refractivity contribution in [1.82, 2.24) is 10.2 Å². The molecule has 6 nitrogen and oxygen atoms in total. The van der Waals surface area contributed by atoms with E-state index in [9.17, 15) is 9.59 Å². The summed E-state index contributed by atoms with van der Waals surface area (Å²) in [7, 11) is 1.56. The summed E-state index contributed by atoms with van der Waals surface area (Å²) in [5.41, 5.74) is 6.81. The zero-order valence-electron chi connectivity index (χ0n) is 11.7. The minimum absolute atomic E-state index is 0.200. The summed E-state index contributed by atoms with van der Waals surface area (Å²) in [6, 6.07) is 4.65. The highest BCUT2D eigenvalue weighted by Crippen LogP contribution is 2.21. The van der Waals surface area contributed by atoms with Gasteiger partial charge in [0.1, 0.15) is 11.8 Å². The fourth-order valence-corrected chi connectivity index (χ4v) is 2.32. The molecule has 0 aromatic heterocycles. The van der Waals surface area contributed by atoms with E-state index >= 15 is 0 Å². The summed E-state index contributed by atoms with van der Waals surface area (Å²) in [5, 5.41) is 3.06. The fourth-order valence-electron chi connectivity index (χ4n) is 2.32. The Kier molecular flexibility index (Phi) is 4.24. The number of ether oxygens (including phenoxy) is 1. The van der Waals surface area contributed by atoms with E-state index in [4.69, 9.17) is 10.5 Å². The molecule has 0 radical (unpaired) electrons. The molecule has 1 heterocycles. The maximum absolute atomic E-state index is 12.5. The third kappa shape index (κ3) is 2.75. The van der Waals surface area contributed by atoms with Gasteiger partial charge in [0, 0.05) is 25.2 Å². The van der Waals surface area contributed by atoms with Crippen molar-refractivity contribution in [2.75, 3.05) is 26.7 Å². The zero-order valence-corrected chi connectivity index (χ0v) is 11.7. The molecule has 1 saturated heterocycles. The molecule has 3 N–H and O–H groups in total. The van der Waals surface area contributed by atoms with Crippen LogP contribution in [0.25, 0.3) is 0 Å². The summed E-state index contributed by atoms with van der Waals surface area (Å²) in [6.45, 7) is 3.41. The van der Waals surface area contributed by atoms with Gasteiger partial charge in [-0.05, 0) is 24.6 Å². The lowest BCUT2D eigenvalue weighted by Crippen LogP contribution is -2.58. The summed E-state index contributed by atoms with van der Waals surface area (Å²) in [6.07, 6.45) is 0. The Morgan fingerprint density at radius 3 is 2.85 bits per heavy atom. The van der Waals surface area contributed by atoms with Crippen LogP contribution in [-0.2, 0) is 4.79 Å². The van der Waals surface area contributed by atoms with Crippen LogP contribution in [0.15, 0.2) is 18.2 Å². The second-order valence-electron chi connectivity index (χ2n) is 4.81. The minimum Gasteiger partial charge on any atom is -0.496 e. The Hall–Kier alpha value is -2.08. The standard InChI is InChI=1S/C14H19N3O3/c1-9-3-4-10(7-12(9)20-2)14(19)17-6-5-16-8-11(17)13(15)18/h3-4,7,11,16H,5-6,8H2,1-2H3,(H2,15,18). The van der Waals surface area contributed by atoms with E-state index in [1.54, 1.807) is 19.2 Å². The van der Waals surface area contributed by atoms with Crippen molar-refractivity contribution >= 4 is 11.8 Å². The van der Waals surface area contributed by atoms with Crippen LogP contribution >= 0.6 is 0 Å². The molecule has 0 spiro atoms. The number of aryl methyl sites for hydroxylation is 1. The average Bonchev–Trinajstić information content (AvgIpc) is 2.47. The molecular weight excluding hydrogens is 258 g/mol. The van der Waals surface area contributed by atoms with Crippen LogP contribution < -0.4 is 15.8 Å². The highest BCUT2D eigenvalue weighted by Gasteiger charge is 2.31. The number of carbonyl (C=O) groups is 2. The summed E-state index contributed by atoms with van der Waals surface area (Å²) in [5.74, 6) is -0.0418. The largest absolute Gasteiger partial charge is 0.496 e. The second kappa shape index (κ2) is 5.92. The van der Waals surface area contributed by atoms with E-state index in [1.165, 1.54) is 4.90 Å². The molecule has 1 aliphatic heterocycles. The van der Waals surface area contributed by atoms with E-state index < -0.39 is 11.9 Å². The normalized spacial score (nSPS) is 18.7. The summed E-state index contributed by atoms with van der Waals surface area (Å²) >= 11 is 0. The van der Waals surface area contributed by atoms with Crippen LogP contribution in [0.4, 0.5) is 0 Å². The first-order chi connectivity index (χ1) is 9.54. The molecule has 1 aromatic rings. The van der Waals surface area contributed by atoms with Crippen LogP contribution in [-0.4, -0.2) is 49.5 Å². The number of piperazine rings is 1. The molecule has 108 valence electrons. The number of nitrogens with one attached hydrogen (secondary N) is 1. The Bertz CT molecular complexity index is 530. The van der Waals surface area contributed by atoms with Gasteiger partial charge in [0.2, 0.25) is 5.91 Å². The number of hydrogen-bond acceptors (Lipinski definition) is 4. The molecule has 2 rings (SSSR count). The first kappa shape index (κ1) is 14.3. The van der Waals surface area contributed by atoms with Gasteiger partial charge in [0.05, 0.1) is 7.11 Å². The van der Waals surface area contributed by atoms with Gasteiger partial charge in [-0.3, -0.25) is 9.59 Å². The maximum atomic E-state index is 12.5. The molecule has 0 bridgehead atoms. The van der Waals surface area contributed by atoms with Crippen molar-refractivity contribution in [2.24, 2.45) is 5.73 Å². The fraction of sp³-hybridized carbons (Fsp3) is 0.429. The monoisotopic (exact) mass is 277 g/mol. The molecule has 1 fully saturated rings. The molecular formula is C14H19N3O3. The Balaban J connectivity index is 2.27. The van der Waals surface area contributed by atoms with Crippen molar-refractivity contribution in [3.63, 3.8) is 0 Å². The number of nitrogens with two attached hydrogens (primary N) is 1. The molecule has 1 aliphatic rings. The second-order valence-corrected chi connectivity index (χ2v) is 4.81. The Labute approximate surface area is 117 Å². The molecule has 0 aliphatic carbocycles. The smallest absolute Gasteiger partial charge is 0.254 e. The van der Waals surface area contributed by atoms with Gasteiger partial charge >= 0.3 is 0 Å². The lowest BCUT2D eigenvalue weighted by Gasteiger charge is -2.34. The maximum Gasteiger partial charge on any atom is 0.254 e. The average molecular weight is 277 g/mol. The predicted octanol–water partition coefficient (Wildman–Crippen LogP) is -0.0971. The van der Waals surface area contributed by atoms with Gasteiger partial charge in [-0.1, -0.05) is 6.07 Å². The summed E-state index contributed by atoms with van der Waals surface area (Å²) < 4.78 is 5.22. The van der Waals surface area contributed by atoms with Gasteiger partial charge in [-0.15, -0.1) is 0 Å². The van der Waals surface area contributed by atoms with E-state index in [0.717, 1.165) is 5.56 Å². The number of carbonyl (C=O) groups excluding carboxylic acids is 2. The van der Waals surface area contributed by atoms with Crippen molar-refractivity contribution in [3.8, 4) is 5.75 Å². The topological polar surface area (TPSA) is 84.7 Å². The number of nitrogens with zero attached hydrogens (tertiary/aromatic N) is 1. The van der Waals surface area contributed by atoms with E-state index in [-0.39, 0.29) is 5.91 Å². The number of primary amides is 1. The molecule has 20 heavy (non-hydrogen) atoms. The van der Waals surface area contributed by atoms with E-state index in [2.05, 4.69) is 5.32 Å². The van der Waals surface area contributed by atoms with Crippen molar-refractivity contribution in [3.05, 3.63) is 29.3 Å². The SMILES string of the molecule is COc1cc(C(=O)N2CCNCC2C(N)=O)ccc1C. The third-order valence-corrected chi connectivity index (χ3v) is 3.49. The highest BCUT2D eigenvalue weighted by molar-refractivity contribution is 5.98. The van der Waals surface area contributed by atoms with Crippen molar-refractivity contribution < 1.29 is 14.3 Å². The quantitative estimate of drug-likeness (QED) is 0.808. The number of benzene rings is 1. The molecule has 6 heteroatoms. The Morgan fingerprint density at radius 2 is 2.20 bits per heavy atom. The van der Waals surface area contributed by atoms with Crippen LogP contribution in [0, 0.1) is 6.92 Å². The summed E-state index contributed by atoms with van der Waals surface area (Å²) in [4.78, 5) is 25.5. The minimum atomic E-state index is -0.608. The van der Waals surface area contributed by atoms with Crippen molar-refractivity contribution in [2.45, 2.75) is 13.0 Å². The number of rotatable bonds is 3. The molecule has 1 atom stereocenters. The van der Waals surface area contributed by atoms with Gasteiger partial charge in [-0.25, -0.2) is 0 Å². The lowest BCUT2D eigenvalue weighted by atomic mass is 10.1. The first-order valence-electron chi connectivity index (χ1n) is 6.50. The molecule has 1 unspecified atom stereocenters. The van der Waals surface area contributed by atoms with Crippen LogP contribution in [0.3, 0.4) is 0 Å². The molecule has 2 amide bonds. The van der Waals surface area contributed by atoms with Crippen molar-refractivity contribution in [1.29, 1.82) is 0 Å². The molecule has 0 saturated carbocycles. The van der Waals surface area contributed by atoms with Gasteiger partial charge in [-0.2, -0.15) is 0 Å². The van der Waals surface area contributed by atoms with Crippen LogP contribution in [0.5, 0.6) is 5.75 Å². The van der Waals surface area contributed by atoms with E-state index in [1.807, 2.05) is 13.0 Å². The first-order valence-corrected chi connectivity index (χ1v) is 6.50. The highest BCUT2D eigenvalue weighted by atomic mass is 16.5. The third-order valence-electron chi connectivity index (χ3n) is 3.49. The lowest BCUT2D eigenvalue weighted by molar-refractivity contribution is -0.122. The van der Waals surface area contributed by atoms with Gasteiger partial charge in [0.15, 0.2) is 0 Å². The number of methoxy groups -OCH3 is 1. The molecule has 1 aromatic carbocycles. The Morgan fingerprint density at radius 1 is 1.45 bits per heavy atom. The predicted molar refractivity (Wildman–Crippen MR) is 74.6 cm³/mol. The van der Waals surface area contributed by atoms with Crippen LogP contribution in [0.1, 0.15) is 15.9 Å². The van der Waals surface area contributed by atoms with Gasteiger partial charge < -0.3 is 20.7 Å². The van der Waals surface area contributed by atoms with Crippen LogP contribution in [0.2, 0.25) is 0 Å². The van der Waals surface area contributed by atoms with Gasteiger partial charge in [0.25, 0.3) is 5.91 Å². The number of amides is 2. The van der Waals surface area contributed by atoms with E-state index in [0.29, 0.717) is 30.9 Å².